The first kappa shape index (κ1) is 42.1. The van der Waals surface area contributed by atoms with E-state index >= 15 is 0 Å². The van der Waals surface area contributed by atoms with Crippen LogP contribution >= 0.6 is 0 Å². The molecule has 0 amide bonds. The van der Waals surface area contributed by atoms with Crippen LogP contribution in [0, 0.1) is 0 Å². The van der Waals surface area contributed by atoms with Crippen LogP contribution in [-0.2, 0) is 44.1 Å². The third-order valence-corrected chi connectivity index (χ3v) is 13.2. The van der Waals surface area contributed by atoms with E-state index in [0.29, 0.717) is 19.4 Å². The van der Waals surface area contributed by atoms with E-state index in [-0.39, 0.29) is 54.2 Å². The van der Waals surface area contributed by atoms with Gasteiger partial charge in [-0.2, -0.15) is 0 Å². The minimum absolute atomic E-state index is 0. The molecule has 4 heterocycles. The number of nitrogens with zero attached hydrogens (tertiary/aromatic N) is 1. The molecule has 2 aliphatic carbocycles. The lowest BCUT2D eigenvalue weighted by molar-refractivity contribution is -0.121. The van der Waals surface area contributed by atoms with Crippen molar-refractivity contribution in [1.82, 2.24) is 14.9 Å². The molecule has 2 aliphatic heterocycles. The third kappa shape index (κ3) is 8.04. The molecule has 0 spiro atoms. The van der Waals surface area contributed by atoms with Gasteiger partial charge in [-0.05, 0) is 133 Å². The zero-order valence-electron chi connectivity index (χ0n) is 35.6. The number of carbonyl (C=O) groups excluding carboxylic acids is 2. The average molecular weight is 825 g/mol. The van der Waals surface area contributed by atoms with E-state index in [4.69, 9.17) is 24.7 Å². The highest BCUT2D eigenvalue weighted by atomic mass is 16.7. The molecule has 2 saturated carbocycles. The fourth-order valence-electron chi connectivity index (χ4n) is 9.10. The molecule has 6 aromatic rings. The van der Waals surface area contributed by atoms with Gasteiger partial charge in [-0.1, -0.05) is 59.4 Å². The van der Waals surface area contributed by atoms with Crippen LogP contribution in [0.3, 0.4) is 0 Å². The number of H-pyrrole nitrogens is 2. The number of fused-ring (bicyclic) bond motifs is 4. The lowest BCUT2D eigenvalue weighted by Crippen LogP contribution is -2.32. The summed E-state index contributed by atoms with van der Waals surface area (Å²) in [5.74, 6) is 3.57. The van der Waals surface area contributed by atoms with Gasteiger partial charge in [-0.3, -0.25) is 9.59 Å². The summed E-state index contributed by atoms with van der Waals surface area (Å²) >= 11 is 0. The molecule has 10 heteroatoms. The van der Waals surface area contributed by atoms with Gasteiger partial charge in [0.2, 0.25) is 13.6 Å². The van der Waals surface area contributed by atoms with Crippen LogP contribution in [0.5, 0.6) is 23.0 Å². The Morgan fingerprint density at radius 1 is 0.607 bits per heavy atom. The van der Waals surface area contributed by atoms with Gasteiger partial charge in [-0.25, -0.2) is 0 Å². The predicted molar refractivity (Wildman–Crippen MR) is 241 cm³/mol. The molecule has 2 fully saturated rings. The minimum Gasteiger partial charge on any atom is -0.454 e. The average Bonchev–Trinajstić information content (AvgIpc) is 3.91. The number of ether oxygens (including phenoxy) is 4. The molecule has 0 bridgehead atoms. The summed E-state index contributed by atoms with van der Waals surface area (Å²) < 4.78 is 21.8. The normalized spacial score (nSPS) is 16.6. The van der Waals surface area contributed by atoms with Crippen molar-refractivity contribution >= 4 is 33.4 Å². The Morgan fingerprint density at radius 2 is 1.03 bits per heavy atom. The Kier molecular flexibility index (Phi) is 10.8. The lowest BCUT2D eigenvalue weighted by atomic mass is 9.87. The Bertz CT molecular complexity index is 2620. The Labute approximate surface area is 359 Å². The first-order valence-corrected chi connectivity index (χ1v) is 21.1. The molecule has 0 unspecified atom stereocenters. The third-order valence-electron chi connectivity index (χ3n) is 13.2. The zero-order chi connectivity index (χ0) is 42.0. The summed E-state index contributed by atoms with van der Waals surface area (Å²) in [6.07, 6.45) is 4.48. The number of rotatable bonds is 13. The van der Waals surface area contributed by atoms with Crippen molar-refractivity contribution in [1.29, 1.82) is 0 Å². The summed E-state index contributed by atoms with van der Waals surface area (Å²) in [6, 6.07) is 28.8. The number of hydrogen-bond acceptors (Lipinski definition) is 8. The molecule has 4 N–H and O–H groups in total. The van der Waals surface area contributed by atoms with Crippen molar-refractivity contribution in [2.24, 2.45) is 5.73 Å². The van der Waals surface area contributed by atoms with Crippen molar-refractivity contribution in [3.8, 4) is 23.0 Å². The van der Waals surface area contributed by atoms with Crippen molar-refractivity contribution in [3.05, 3.63) is 119 Å². The maximum absolute atomic E-state index is 13.3. The summed E-state index contributed by atoms with van der Waals surface area (Å²) in [4.78, 5) is 35.8. The number of aromatic amines is 2. The molecule has 0 saturated heterocycles. The van der Waals surface area contributed by atoms with E-state index in [1.807, 2.05) is 42.5 Å². The number of likely N-dealkylation sites (N-methyl/N-ethyl adjacent to an activating group) is 1. The molecule has 10 rings (SSSR count). The summed E-state index contributed by atoms with van der Waals surface area (Å²) in [5.41, 5.74) is 13.9. The number of nitrogens with one attached hydrogen (secondary N) is 2. The van der Waals surface area contributed by atoms with Crippen LogP contribution in [0.1, 0.15) is 94.4 Å². The second-order valence-corrected chi connectivity index (χ2v) is 18.9. The first-order valence-electron chi connectivity index (χ1n) is 21.1. The molecule has 4 aromatic carbocycles. The van der Waals surface area contributed by atoms with Crippen molar-refractivity contribution in [2.75, 3.05) is 40.8 Å². The molecular weight excluding hydrogens is 765 g/mol. The van der Waals surface area contributed by atoms with E-state index in [1.165, 1.54) is 11.1 Å². The molecule has 320 valence electrons. The topological polar surface area (TPSA) is 132 Å². The number of Topliss-reactive ketones (excluding diaryl/α,β-unsaturated/α-hetero) is 2. The summed E-state index contributed by atoms with van der Waals surface area (Å²) in [6.45, 7) is 10.8. The van der Waals surface area contributed by atoms with Crippen molar-refractivity contribution in [2.45, 2.75) is 95.3 Å². The van der Waals surface area contributed by atoms with Gasteiger partial charge >= 0.3 is 0 Å². The van der Waals surface area contributed by atoms with Gasteiger partial charge in [0.1, 0.15) is 11.6 Å². The van der Waals surface area contributed by atoms with Gasteiger partial charge in [0.25, 0.3) is 0 Å². The minimum atomic E-state index is -0.374. The molecule has 0 atom stereocenters. The van der Waals surface area contributed by atoms with Gasteiger partial charge in [0.15, 0.2) is 23.0 Å². The van der Waals surface area contributed by atoms with E-state index < -0.39 is 0 Å². The van der Waals surface area contributed by atoms with Crippen LogP contribution < -0.4 is 24.7 Å². The smallest absolute Gasteiger partial charge is 0.231 e. The fourth-order valence-corrected chi connectivity index (χ4v) is 9.10. The van der Waals surface area contributed by atoms with Gasteiger partial charge in [0.05, 0.1) is 10.8 Å². The van der Waals surface area contributed by atoms with E-state index in [0.717, 1.165) is 99.6 Å². The highest BCUT2D eigenvalue weighted by Gasteiger charge is 2.52. The van der Waals surface area contributed by atoms with Crippen molar-refractivity contribution in [3.63, 3.8) is 0 Å². The molecule has 10 nitrogen and oxygen atoms in total. The number of benzene rings is 4. The van der Waals surface area contributed by atoms with Crippen LogP contribution in [0.25, 0.3) is 21.8 Å². The molecule has 61 heavy (non-hydrogen) atoms. The summed E-state index contributed by atoms with van der Waals surface area (Å²) in [7, 11) is 4.20. The monoisotopic (exact) mass is 824 g/mol. The largest absolute Gasteiger partial charge is 0.454 e. The predicted octanol–water partition coefficient (Wildman–Crippen LogP) is 9.19. The molecule has 0 radical (unpaired) electrons. The molecular formula is C51H60N4O6. The maximum Gasteiger partial charge on any atom is 0.231 e. The first-order chi connectivity index (χ1) is 28.7. The maximum atomic E-state index is 13.3. The number of nitrogens with two attached hydrogens (primary N) is 1. The SMILES string of the molecule is C.CC(C)(CN)c1cc2cc(CC(=O)C3(c4ccc5c(c4)OCO5)CC3)ccc2[nH]1.CN(C)CC(C)(C)c1cc2cc(CC(=O)C3(c4ccc5c(c4)OCO5)CC3)ccc2[nH]1. The van der Waals surface area contributed by atoms with Crippen LogP contribution in [0.15, 0.2) is 84.9 Å². The quantitative estimate of drug-likeness (QED) is 0.105. The van der Waals surface area contributed by atoms with E-state index in [1.54, 1.807) is 0 Å². The Hall–Kier alpha value is -5.58. The Morgan fingerprint density at radius 3 is 1.44 bits per heavy atom. The van der Waals surface area contributed by atoms with Crippen molar-refractivity contribution < 1.29 is 28.5 Å². The van der Waals surface area contributed by atoms with Gasteiger partial charge in [-0.15, -0.1) is 0 Å². The second-order valence-electron chi connectivity index (χ2n) is 18.9. The summed E-state index contributed by atoms with van der Waals surface area (Å²) in [5, 5.41) is 2.29. The lowest BCUT2D eigenvalue weighted by Gasteiger charge is -2.27. The number of carbonyl (C=O) groups is 2. The highest BCUT2D eigenvalue weighted by molar-refractivity contribution is 5.96. The van der Waals surface area contributed by atoms with Crippen LogP contribution in [-0.4, -0.2) is 67.2 Å². The second kappa shape index (κ2) is 15.7. The molecule has 2 aromatic heterocycles. The van der Waals surface area contributed by atoms with E-state index in [9.17, 15) is 9.59 Å². The number of aromatic nitrogens is 2. The van der Waals surface area contributed by atoms with E-state index in [2.05, 4.69) is 99.1 Å². The highest BCUT2D eigenvalue weighted by Crippen LogP contribution is 2.53. The van der Waals surface area contributed by atoms with Crippen LogP contribution in [0.2, 0.25) is 0 Å². The van der Waals surface area contributed by atoms with Crippen LogP contribution in [0.4, 0.5) is 0 Å². The number of hydrogen-bond donors (Lipinski definition) is 3. The number of ketones is 2. The van der Waals surface area contributed by atoms with Gasteiger partial charge < -0.3 is 39.5 Å². The Balaban J connectivity index is 0.000000166. The standard InChI is InChI=1S/C26H30N2O3.C24H26N2O3.CH4/c1-25(2,15-28(3)4)23-13-18-11-17(5-7-20(18)27-23)12-24(29)26(9-10-26)19-6-8-21-22(14-19)31-16-30-21;1-23(2,13-25)21-11-16-9-15(3-5-18(16)26-21)10-22(27)24(7-8-24)17-4-6-19-20(12-17)29-14-28-19;/h5-8,11,13-14,27H,9-10,12,15-16H2,1-4H3;3-6,9,11-12,26H,7-8,10,13-14,25H2,1-2H3;1H4. The zero-order valence-corrected chi connectivity index (χ0v) is 35.6. The fraction of sp³-hybridized carbons (Fsp3) is 0.412. The van der Waals surface area contributed by atoms with Gasteiger partial charge in [0, 0.05) is 59.2 Å². The molecule has 4 aliphatic rings.